The smallest absolute Gasteiger partial charge is 0.105 e. The van der Waals surface area contributed by atoms with Gasteiger partial charge in [0, 0.05) is 11.6 Å². The van der Waals surface area contributed by atoms with Crippen LogP contribution in [-0.4, -0.2) is 22.2 Å². The zero-order valence-electron chi connectivity index (χ0n) is 9.57. The molecule has 90 valence electrons. The van der Waals surface area contributed by atoms with Crippen molar-refractivity contribution in [2.45, 2.75) is 32.5 Å². The van der Waals surface area contributed by atoms with Crippen molar-refractivity contribution in [1.29, 1.82) is 0 Å². The van der Waals surface area contributed by atoms with Gasteiger partial charge in [0.2, 0.25) is 0 Å². The third-order valence-electron chi connectivity index (χ3n) is 2.74. The van der Waals surface area contributed by atoms with Gasteiger partial charge in [0.15, 0.2) is 0 Å². The maximum atomic E-state index is 9.97. The second kappa shape index (κ2) is 5.53. The Balaban J connectivity index is 2.99. The Morgan fingerprint density at radius 2 is 1.88 bits per heavy atom. The van der Waals surface area contributed by atoms with Crippen molar-refractivity contribution in [3.05, 3.63) is 28.8 Å². The fourth-order valence-corrected chi connectivity index (χ4v) is 1.88. The minimum atomic E-state index is -0.905. The lowest BCUT2D eigenvalue weighted by Gasteiger charge is -2.20. The molecule has 0 aromatic heterocycles. The number of anilines is 1. The number of aryl methyl sites for hydroxylation is 2. The predicted octanol–water partition coefficient (Wildman–Crippen LogP) is 1.91. The normalized spacial score (nSPS) is 14.8. The highest BCUT2D eigenvalue weighted by molar-refractivity contribution is 6.17. The maximum absolute atomic E-state index is 9.97. The van der Waals surface area contributed by atoms with Gasteiger partial charge < -0.3 is 15.9 Å². The molecule has 4 N–H and O–H groups in total. The number of hydrogen-bond donors (Lipinski definition) is 3. The average molecular weight is 244 g/mol. The number of nitrogen functional groups attached to an aromatic ring is 1. The maximum Gasteiger partial charge on any atom is 0.105 e. The molecule has 0 heterocycles. The number of rotatable bonds is 4. The minimum Gasteiger partial charge on any atom is -0.399 e. The summed E-state index contributed by atoms with van der Waals surface area (Å²) < 4.78 is 0. The zero-order chi connectivity index (χ0) is 12.3. The van der Waals surface area contributed by atoms with Crippen LogP contribution < -0.4 is 5.73 Å². The van der Waals surface area contributed by atoms with Crippen LogP contribution in [0.1, 0.15) is 29.2 Å². The summed E-state index contributed by atoms with van der Waals surface area (Å²) in [7, 11) is 0. The Bertz CT molecular complexity index is 368. The van der Waals surface area contributed by atoms with E-state index in [1.165, 1.54) is 0 Å². The highest BCUT2D eigenvalue weighted by Crippen LogP contribution is 2.26. The number of benzene rings is 1. The van der Waals surface area contributed by atoms with Crippen molar-refractivity contribution >= 4 is 17.3 Å². The molecule has 1 aromatic rings. The first-order valence-corrected chi connectivity index (χ1v) is 5.79. The van der Waals surface area contributed by atoms with Gasteiger partial charge in [-0.25, -0.2) is 0 Å². The molecule has 0 amide bonds. The average Bonchev–Trinajstić information content (AvgIpc) is 2.23. The van der Waals surface area contributed by atoms with E-state index in [-0.39, 0.29) is 0 Å². The largest absolute Gasteiger partial charge is 0.399 e. The Morgan fingerprint density at radius 3 is 2.44 bits per heavy atom. The van der Waals surface area contributed by atoms with Crippen LogP contribution >= 0.6 is 11.6 Å². The van der Waals surface area contributed by atoms with E-state index in [0.717, 1.165) is 11.1 Å². The second-order valence-corrected chi connectivity index (χ2v) is 4.43. The summed E-state index contributed by atoms with van der Waals surface area (Å²) in [5.41, 5.74) is 8.95. The number of alkyl halides is 1. The number of halogens is 1. The Labute approximate surface area is 101 Å². The quantitative estimate of drug-likeness (QED) is 0.559. The first kappa shape index (κ1) is 13.3. The summed E-state index contributed by atoms with van der Waals surface area (Å²) in [5.74, 6) is 0.325. The van der Waals surface area contributed by atoms with Crippen LogP contribution in [0.4, 0.5) is 5.69 Å². The number of aliphatic hydroxyl groups is 2. The molecule has 0 aliphatic heterocycles. The molecule has 0 aliphatic carbocycles. The highest BCUT2D eigenvalue weighted by atomic mass is 35.5. The molecule has 1 aromatic carbocycles. The molecule has 2 unspecified atom stereocenters. The minimum absolute atomic E-state index is 0.325. The van der Waals surface area contributed by atoms with Crippen molar-refractivity contribution in [3.63, 3.8) is 0 Å². The van der Waals surface area contributed by atoms with Crippen LogP contribution in [0.25, 0.3) is 0 Å². The molecule has 3 nitrogen and oxygen atoms in total. The van der Waals surface area contributed by atoms with Gasteiger partial charge in [-0.05, 0) is 43.0 Å². The van der Waals surface area contributed by atoms with Crippen LogP contribution in [-0.2, 0) is 0 Å². The van der Waals surface area contributed by atoms with Crippen molar-refractivity contribution in [2.75, 3.05) is 11.6 Å². The molecule has 0 aliphatic rings. The topological polar surface area (TPSA) is 66.5 Å². The van der Waals surface area contributed by atoms with Crippen LogP contribution in [0.5, 0.6) is 0 Å². The lowest BCUT2D eigenvalue weighted by Crippen LogP contribution is -2.19. The van der Waals surface area contributed by atoms with Gasteiger partial charge in [-0.15, -0.1) is 11.6 Å². The monoisotopic (exact) mass is 243 g/mol. The first-order valence-electron chi connectivity index (χ1n) is 5.26. The zero-order valence-corrected chi connectivity index (χ0v) is 10.3. The van der Waals surface area contributed by atoms with Crippen molar-refractivity contribution in [3.8, 4) is 0 Å². The van der Waals surface area contributed by atoms with E-state index < -0.39 is 12.2 Å². The Kier molecular flexibility index (Phi) is 4.59. The van der Waals surface area contributed by atoms with Crippen LogP contribution in [0.3, 0.4) is 0 Å². The summed E-state index contributed by atoms with van der Waals surface area (Å²) in [4.78, 5) is 0. The van der Waals surface area contributed by atoms with E-state index in [1.54, 1.807) is 6.07 Å². The second-order valence-electron chi connectivity index (χ2n) is 4.06. The van der Waals surface area contributed by atoms with Gasteiger partial charge in [-0.1, -0.05) is 6.07 Å². The van der Waals surface area contributed by atoms with Crippen LogP contribution in [0, 0.1) is 13.8 Å². The van der Waals surface area contributed by atoms with Crippen LogP contribution in [0.2, 0.25) is 0 Å². The standard InChI is InChI=1S/C12H18ClNO2/c1-7-6-10(14)8(2)5-9(7)12(16)11(15)3-4-13/h5-6,11-12,15-16H,3-4,14H2,1-2H3. The summed E-state index contributed by atoms with van der Waals surface area (Å²) in [5, 5.41) is 19.7. The van der Waals surface area contributed by atoms with Crippen molar-refractivity contribution in [1.82, 2.24) is 0 Å². The molecule has 0 bridgehead atoms. The number of aliphatic hydroxyl groups excluding tert-OH is 2. The molecule has 16 heavy (non-hydrogen) atoms. The highest BCUT2D eigenvalue weighted by Gasteiger charge is 2.20. The molecule has 1 rings (SSSR count). The van der Waals surface area contributed by atoms with Gasteiger partial charge in [-0.3, -0.25) is 0 Å². The summed E-state index contributed by atoms with van der Waals surface area (Å²) in [6, 6.07) is 3.62. The van der Waals surface area contributed by atoms with E-state index in [1.807, 2.05) is 19.9 Å². The molecule has 0 saturated carbocycles. The van der Waals surface area contributed by atoms with Gasteiger partial charge >= 0.3 is 0 Å². The molecule has 0 saturated heterocycles. The van der Waals surface area contributed by atoms with Gasteiger partial charge in [0.25, 0.3) is 0 Å². The lowest BCUT2D eigenvalue weighted by atomic mass is 9.95. The summed E-state index contributed by atoms with van der Waals surface area (Å²) >= 11 is 5.53. The van der Waals surface area contributed by atoms with Gasteiger partial charge in [0.05, 0.1) is 6.10 Å². The van der Waals surface area contributed by atoms with Crippen molar-refractivity contribution < 1.29 is 10.2 Å². The molecule has 0 radical (unpaired) electrons. The van der Waals surface area contributed by atoms with Crippen LogP contribution in [0.15, 0.2) is 12.1 Å². The Hall–Kier alpha value is -0.770. The summed E-state index contributed by atoms with van der Waals surface area (Å²) in [6.07, 6.45) is -1.37. The predicted molar refractivity (Wildman–Crippen MR) is 66.6 cm³/mol. The van der Waals surface area contributed by atoms with E-state index in [0.29, 0.717) is 23.6 Å². The van der Waals surface area contributed by atoms with E-state index >= 15 is 0 Å². The SMILES string of the molecule is Cc1cc(C(O)C(O)CCCl)c(C)cc1N. The molecular weight excluding hydrogens is 226 g/mol. The number of nitrogens with two attached hydrogens (primary N) is 1. The van der Waals surface area contributed by atoms with E-state index in [9.17, 15) is 10.2 Å². The molecule has 0 fully saturated rings. The fraction of sp³-hybridized carbons (Fsp3) is 0.500. The third-order valence-corrected chi connectivity index (χ3v) is 2.96. The number of hydrogen-bond acceptors (Lipinski definition) is 3. The van der Waals surface area contributed by atoms with E-state index in [4.69, 9.17) is 17.3 Å². The molecule has 2 atom stereocenters. The van der Waals surface area contributed by atoms with Gasteiger partial charge in [-0.2, -0.15) is 0 Å². The summed E-state index contributed by atoms with van der Waals surface area (Å²) in [6.45, 7) is 3.74. The van der Waals surface area contributed by atoms with Crippen molar-refractivity contribution in [2.24, 2.45) is 0 Å². The molecule has 0 spiro atoms. The first-order chi connectivity index (χ1) is 7.47. The molecule has 4 heteroatoms. The Morgan fingerprint density at radius 1 is 1.25 bits per heavy atom. The van der Waals surface area contributed by atoms with E-state index in [2.05, 4.69) is 0 Å². The van der Waals surface area contributed by atoms with Gasteiger partial charge in [0.1, 0.15) is 6.10 Å². The lowest BCUT2D eigenvalue weighted by molar-refractivity contribution is 0.0166. The molecular formula is C12H18ClNO2. The third kappa shape index (κ3) is 2.88. The fourth-order valence-electron chi connectivity index (χ4n) is 1.66.